The van der Waals surface area contributed by atoms with Crippen molar-refractivity contribution < 1.29 is 14.7 Å². The summed E-state index contributed by atoms with van der Waals surface area (Å²) in [4.78, 5) is 11.8. The van der Waals surface area contributed by atoms with Gasteiger partial charge in [-0.05, 0) is 0 Å². The van der Waals surface area contributed by atoms with E-state index in [4.69, 9.17) is 10.1 Å². The van der Waals surface area contributed by atoms with Crippen LogP contribution < -0.4 is 5.90 Å². The van der Waals surface area contributed by atoms with Gasteiger partial charge in [-0.3, -0.25) is 4.70 Å². The van der Waals surface area contributed by atoms with Gasteiger partial charge in [0.1, 0.15) is 0 Å². The predicted octanol–water partition coefficient (Wildman–Crippen LogP) is -0.779. The quantitative estimate of drug-likeness (QED) is 0.344. The molecule has 0 aliphatic heterocycles. The zero-order chi connectivity index (χ0) is 4.28. The van der Waals surface area contributed by atoms with Crippen LogP contribution in [0.25, 0.3) is 0 Å². The van der Waals surface area contributed by atoms with Gasteiger partial charge in [0.15, 0.2) is 0 Å². The van der Waals surface area contributed by atoms with Gasteiger partial charge in [0.05, 0.1) is 0 Å². The number of hydrogen-bond donors (Lipinski definition) is 1. The van der Waals surface area contributed by atoms with Crippen molar-refractivity contribution in [2.75, 3.05) is 0 Å². The Bertz CT molecular complexity index is 44.1. The number of nitrogens with zero attached hydrogens (tertiary/aromatic N) is 1. The average molecular weight is 98.0 g/mol. The molecule has 0 amide bonds. The Morgan fingerprint density at radius 1 is 1.83 bits per heavy atom. The molecule has 0 radical (unpaired) electrons. The highest BCUT2D eigenvalue weighted by atomic mass is 19.0. The summed E-state index contributed by atoms with van der Waals surface area (Å²) in [7, 11) is 0. The average Bonchev–Trinajstić information content (AvgIpc) is 1.38. The number of hydrogen-bond acceptors (Lipinski definition) is 4. The van der Waals surface area contributed by atoms with Crippen molar-refractivity contribution in [2.45, 2.75) is 0 Å². The molecule has 0 fully saturated rings. The number of rotatable bonds is 1. The van der Waals surface area contributed by atoms with Crippen LogP contribution in [0.4, 0.5) is 4.70 Å². The van der Waals surface area contributed by atoms with Crippen LogP contribution in [0.15, 0.2) is 0 Å². The molecule has 38 valence electrons. The first-order valence-corrected chi connectivity index (χ1v) is 0.783. The largest absolute Gasteiger partial charge is 0.311 e. The molecule has 0 saturated heterocycles. The Morgan fingerprint density at radius 2 is 2.00 bits per heavy atom. The molecular weight excluding hydrogens is 95.0 g/mol. The first-order valence-electron chi connectivity index (χ1n) is 0.783. The van der Waals surface area contributed by atoms with E-state index in [0.29, 0.717) is 0 Å². The first-order chi connectivity index (χ1) is 2.27. The van der Waals surface area contributed by atoms with Crippen molar-refractivity contribution in [3.05, 3.63) is 10.1 Å². The molecule has 0 bridgehead atoms. The van der Waals surface area contributed by atoms with Gasteiger partial charge in [-0.1, -0.05) is 0 Å². The van der Waals surface area contributed by atoms with Crippen molar-refractivity contribution in [2.24, 2.45) is 5.90 Å². The van der Waals surface area contributed by atoms with Gasteiger partial charge in [-0.25, -0.2) is 4.94 Å². The van der Waals surface area contributed by atoms with Gasteiger partial charge in [-0.2, -0.15) is 5.90 Å². The Hall–Kier alpha value is -0.910. The minimum absolute atomic E-state index is 0. The van der Waals surface area contributed by atoms with Crippen molar-refractivity contribution in [1.82, 2.24) is 0 Å². The van der Waals surface area contributed by atoms with Crippen molar-refractivity contribution >= 4 is 0 Å². The maximum Gasteiger partial charge on any atom is 0.311 e. The third-order valence-electron chi connectivity index (χ3n) is 0.0861. The van der Waals surface area contributed by atoms with E-state index in [0.717, 1.165) is 0 Å². The standard InChI is InChI=1S/FH.H2N2O3/c;1-5-2(3)4/h1H;1H2. The van der Waals surface area contributed by atoms with Crippen LogP contribution >= 0.6 is 0 Å². The van der Waals surface area contributed by atoms with E-state index < -0.39 is 5.09 Å². The van der Waals surface area contributed by atoms with Crippen LogP contribution in [0, 0.1) is 10.1 Å². The van der Waals surface area contributed by atoms with Crippen LogP contribution in [0.1, 0.15) is 0 Å². The molecule has 0 spiro atoms. The molecule has 0 aliphatic rings. The van der Waals surface area contributed by atoms with Crippen LogP contribution in [-0.2, 0) is 4.94 Å². The lowest BCUT2D eigenvalue weighted by Crippen LogP contribution is -2.05. The lowest BCUT2D eigenvalue weighted by Gasteiger charge is -1.74. The molecule has 0 saturated carbocycles. The highest BCUT2D eigenvalue weighted by Gasteiger charge is 1.78. The number of halogens is 1. The second-order valence-electron chi connectivity index (χ2n) is 0.329. The van der Waals surface area contributed by atoms with E-state index in [1.54, 1.807) is 0 Å². The molecule has 2 N–H and O–H groups in total. The van der Waals surface area contributed by atoms with Gasteiger partial charge in [0.25, 0.3) is 0 Å². The van der Waals surface area contributed by atoms with Crippen LogP contribution in [0.3, 0.4) is 0 Å². The predicted molar refractivity (Wildman–Crippen MR) is 14.8 cm³/mol. The molecule has 0 rings (SSSR count). The summed E-state index contributed by atoms with van der Waals surface area (Å²) in [6.45, 7) is 0. The lowest BCUT2D eigenvalue weighted by molar-refractivity contribution is -0.762. The summed E-state index contributed by atoms with van der Waals surface area (Å²) in [5.74, 6) is 3.97. The summed E-state index contributed by atoms with van der Waals surface area (Å²) in [5, 5.41) is 7.73. The fraction of sp³-hybridized carbons (Fsp3) is 0. The minimum atomic E-state index is -1.10. The molecule has 0 heterocycles. The second-order valence-corrected chi connectivity index (χ2v) is 0.329. The molecule has 0 aromatic heterocycles. The van der Waals surface area contributed by atoms with Crippen molar-refractivity contribution in [3.63, 3.8) is 0 Å². The van der Waals surface area contributed by atoms with Crippen LogP contribution in [-0.4, -0.2) is 5.09 Å². The maximum absolute atomic E-state index is 8.83. The van der Waals surface area contributed by atoms with E-state index >= 15 is 0 Å². The first kappa shape index (κ1) is 8.92. The normalized spacial score (nSPS) is 5.50. The lowest BCUT2D eigenvalue weighted by atomic mass is 13.0. The smallest absolute Gasteiger partial charge is 0.269 e. The van der Waals surface area contributed by atoms with Gasteiger partial charge in [-0.15, -0.1) is 10.1 Å². The molecule has 0 unspecified atom stereocenters. The molecule has 0 aliphatic carbocycles. The molecule has 0 atom stereocenters. The third kappa shape index (κ3) is 11.4. The van der Waals surface area contributed by atoms with E-state index in [-0.39, 0.29) is 4.70 Å². The molecule has 6 heteroatoms. The van der Waals surface area contributed by atoms with Crippen molar-refractivity contribution in [3.8, 4) is 0 Å². The topological polar surface area (TPSA) is 78.4 Å². The van der Waals surface area contributed by atoms with Gasteiger partial charge in [0, 0.05) is 0 Å². The summed E-state index contributed by atoms with van der Waals surface area (Å²) in [6.07, 6.45) is 0. The monoisotopic (exact) mass is 98.0 g/mol. The summed E-state index contributed by atoms with van der Waals surface area (Å²) in [6, 6.07) is 0. The number of nitrogens with two attached hydrogens (primary N) is 1. The van der Waals surface area contributed by atoms with E-state index in [9.17, 15) is 0 Å². The SMILES string of the molecule is F.NO[N+](=O)[O-]. The minimum Gasteiger partial charge on any atom is -0.269 e. The van der Waals surface area contributed by atoms with Gasteiger partial charge < -0.3 is 0 Å². The Morgan fingerprint density at radius 3 is 2.00 bits per heavy atom. The van der Waals surface area contributed by atoms with Gasteiger partial charge >= 0.3 is 5.09 Å². The second kappa shape index (κ2) is 4.09. The molecule has 0 aromatic rings. The zero-order valence-corrected chi connectivity index (χ0v) is 2.66. The molecule has 0 aromatic carbocycles. The molecular formula is H3FN2O3. The Balaban J connectivity index is 0. The summed E-state index contributed by atoms with van der Waals surface area (Å²) < 4.78 is 0. The molecule has 6 heavy (non-hydrogen) atoms. The molecule has 5 nitrogen and oxygen atoms in total. The Kier molecular flexibility index (Phi) is 6.08. The van der Waals surface area contributed by atoms with Crippen LogP contribution in [0.5, 0.6) is 0 Å². The summed E-state index contributed by atoms with van der Waals surface area (Å²) in [5.41, 5.74) is 0. The van der Waals surface area contributed by atoms with E-state index in [1.807, 2.05) is 0 Å². The highest BCUT2D eigenvalue weighted by Crippen LogP contribution is 1.52. The maximum atomic E-state index is 8.83. The van der Waals surface area contributed by atoms with Gasteiger partial charge in [0.2, 0.25) is 0 Å². The highest BCUT2D eigenvalue weighted by molar-refractivity contribution is 3.85. The fourth-order valence-electron chi connectivity index (χ4n) is 0. The third-order valence-corrected chi connectivity index (χ3v) is 0.0861. The van der Waals surface area contributed by atoms with Crippen molar-refractivity contribution in [1.29, 1.82) is 0 Å². The fourth-order valence-corrected chi connectivity index (χ4v) is 0. The Labute approximate surface area is 32.1 Å². The van der Waals surface area contributed by atoms with E-state index in [1.165, 1.54) is 0 Å². The van der Waals surface area contributed by atoms with Crippen LogP contribution in [0.2, 0.25) is 0 Å². The van der Waals surface area contributed by atoms with E-state index in [2.05, 4.69) is 10.8 Å². The zero-order valence-electron chi connectivity index (χ0n) is 2.66. The summed E-state index contributed by atoms with van der Waals surface area (Å²) >= 11 is 0.